The molecule has 0 saturated heterocycles. The maximum Gasteiger partial charge on any atom is 0.337 e. The van der Waals surface area contributed by atoms with Gasteiger partial charge in [-0.15, -0.1) is 0 Å². The van der Waals surface area contributed by atoms with Crippen molar-refractivity contribution in [1.82, 2.24) is 15.0 Å². The van der Waals surface area contributed by atoms with E-state index in [9.17, 15) is 15.0 Å². The minimum atomic E-state index is -0.482. The number of phenols is 2. The lowest BCUT2D eigenvalue weighted by atomic mass is 10.0. The van der Waals surface area contributed by atoms with Crippen molar-refractivity contribution in [2.75, 3.05) is 7.11 Å². The summed E-state index contributed by atoms with van der Waals surface area (Å²) in [5, 5.41) is 23.0. The number of carbonyl (C=O) groups excluding carboxylic acids is 1. The van der Waals surface area contributed by atoms with E-state index in [1.807, 2.05) is 30.3 Å². The maximum absolute atomic E-state index is 12.0. The van der Waals surface area contributed by atoms with Gasteiger partial charge in [0.05, 0.1) is 23.8 Å². The molecule has 0 spiro atoms. The van der Waals surface area contributed by atoms with Crippen LogP contribution in [-0.2, 0) is 4.74 Å². The number of benzene rings is 4. The molecule has 7 heteroatoms. The molecule has 4 aromatic carbocycles. The number of carbonyl (C=O) groups is 1. The van der Waals surface area contributed by atoms with Gasteiger partial charge in [0.2, 0.25) is 0 Å². The van der Waals surface area contributed by atoms with E-state index in [4.69, 9.17) is 4.74 Å². The van der Waals surface area contributed by atoms with E-state index in [2.05, 4.69) is 15.0 Å². The molecular weight excluding hydrogens is 430 g/mol. The molecule has 0 aliphatic carbocycles. The summed E-state index contributed by atoms with van der Waals surface area (Å²) in [6.45, 7) is 0. The summed E-state index contributed by atoms with van der Waals surface area (Å²) in [7, 11) is 1.31. The zero-order valence-corrected chi connectivity index (χ0v) is 18.1. The first-order valence-electron chi connectivity index (χ1n) is 10.5. The molecule has 166 valence electrons. The van der Waals surface area contributed by atoms with Gasteiger partial charge in [0.15, 0.2) is 17.5 Å². The number of esters is 1. The third-order valence-electron chi connectivity index (χ3n) is 5.46. The first kappa shape index (κ1) is 21.1. The molecule has 0 aliphatic rings. The molecule has 0 aliphatic heterocycles. The third-order valence-corrected chi connectivity index (χ3v) is 5.46. The van der Waals surface area contributed by atoms with Crippen LogP contribution in [0, 0.1) is 0 Å². The fourth-order valence-electron chi connectivity index (χ4n) is 3.75. The summed E-state index contributed by atoms with van der Waals surface area (Å²) in [4.78, 5) is 25.8. The monoisotopic (exact) mass is 449 g/mol. The lowest BCUT2D eigenvalue weighted by molar-refractivity contribution is 0.0601. The van der Waals surface area contributed by atoms with Crippen molar-refractivity contribution in [2.24, 2.45) is 0 Å². The van der Waals surface area contributed by atoms with Crippen molar-refractivity contribution in [3.63, 3.8) is 0 Å². The number of hydrogen-bond donors (Lipinski definition) is 2. The Kier molecular flexibility index (Phi) is 5.35. The van der Waals surface area contributed by atoms with Crippen molar-refractivity contribution in [3.8, 4) is 45.7 Å². The third kappa shape index (κ3) is 3.80. The van der Waals surface area contributed by atoms with Crippen LogP contribution in [0.4, 0.5) is 0 Å². The summed E-state index contributed by atoms with van der Waals surface area (Å²) in [5.41, 5.74) is 1.74. The molecule has 1 heterocycles. The molecule has 0 fully saturated rings. The lowest BCUT2D eigenvalue weighted by Gasteiger charge is -2.11. The predicted octanol–water partition coefficient (Wildman–Crippen LogP) is 5.22. The smallest absolute Gasteiger partial charge is 0.337 e. The summed E-state index contributed by atoms with van der Waals surface area (Å²) >= 11 is 0. The largest absolute Gasteiger partial charge is 0.507 e. The quantitative estimate of drug-likeness (QED) is 0.362. The number of fused-ring (bicyclic) bond motifs is 1. The molecule has 0 saturated carbocycles. The van der Waals surface area contributed by atoms with Crippen LogP contribution in [0.5, 0.6) is 11.5 Å². The summed E-state index contributed by atoms with van der Waals surface area (Å²) in [6.07, 6.45) is 0. The zero-order chi connectivity index (χ0) is 23.7. The highest BCUT2D eigenvalue weighted by Gasteiger charge is 2.18. The summed E-state index contributed by atoms with van der Waals surface area (Å²) in [6, 6.07) is 24.5. The van der Waals surface area contributed by atoms with Crippen LogP contribution in [0.2, 0.25) is 0 Å². The van der Waals surface area contributed by atoms with Crippen LogP contribution < -0.4 is 0 Å². The second-order valence-corrected chi connectivity index (χ2v) is 7.58. The standard InChI is InChI=1S/C27H19N3O4/c1-34-27(33)18-9-6-8-17(15-18)24-28-25(20-11-4-5-12-22(20)31)30-26(29-24)21-14-13-16-7-2-3-10-19(16)23(21)32/h2-15,31-32H,1H3. The topological polar surface area (TPSA) is 105 Å². The Morgan fingerprint density at radius 3 is 2.24 bits per heavy atom. The van der Waals surface area contributed by atoms with Crippen molar-refractivity contribution in [2.45, 2.75) is 0 Å². The van der Waals surface area contributed by atoms with Gasteiger partial charge < -0.3 is 14.9 Å². The Morgan fingerprint density at radius 2 is 1.44 bits per heavy atom. The molecule has 5 rings (SSSR count). The number of aromatic hydroxyl groups is 2. The number of hydrogen-bond acceptors (Lipinski definition) is 7. The van der Waals surface area contributed by atoms with E-state index in [1.165, 1.54) is 7.11 Å². The highest BCUT2D eigenvalue weighted by Crippen LogP contribution is 2.36. The van der Waals surface area contributed by atoms with E-state index in [0.29, 0.717) is 27.6 Å². The van der Waals surface area contributed by atoms with E-state index in [0.717, 1.165) is 5.39 Å². The highest BCUT2D eigenvalue weighted by atomic mass is 16.5. The van der Waals surface area contributed by atoms with Crippen molar-refractivity contribution in [1.29, 1.82) is 0 Å². The van der Waals surface area contributed by atoms with E-state index < -0.39 is 5.97 Å². The average Bonchev–Trinajstić information content (AvgIpc) is 2.88. The molecule has 1 aromatic heterocycles. The number of rotatable bonds is 4. The number of aromatic nitrogens is 3. The van der Waals surface area contributed by atoms with E-state index in [-0.39, 0.29) is 29.0 Å². The van der Waals surface area contributed by atoms with Gasteiger partial charge in [-0.05, 0) is 35.7 Å². The average molecular weight is 449 g/mol. The SMILES string of the molecule is COC(=O)c1cccc(-c2nc(-c3ccccc3O)nc(-c3ccc4ccccc4c3O)n2)c1. The van der Waals surface area contributed by atoms with Gasteiger partial charge in [0.25, 0.3) is 0 Å². The Balaban J connectivity index is 1.75. The second kappa shape index (κ2) is 8.63. The minimum Gasteiger partial charge on any atom is -0.507 e. The second-order valence-electron chi connectivity index (χ2n) is 7.58. The van der Waals surface area contributed by atoms with Crippen molar-refractivity contribution >= 4 is 16.7 Å². The predicted molar refractivity (Wildman–Crippen MR) is 128 cm³/mol. The Labute approximate surface area is 195 Å². The minimum absolute atomic E-state index is 0.0108. The molecule has 0 unspecified atom stereocenters. The number of para-hydroxylation sites is 1. The van der Waals surface area contributed by atoms with Crippen molar-refractivity contribution in [3.05, 3.63) is 90.5 Å². The lowest BCUT2D eigenvalue weighted by Crippen LogP contribution is -2.03. The Hall–Kier alpha value is -4.78. The molecule has 0 bridgehead atoms. The van der Waals surface area contributed by atoms with Crippen LogP contribution >= 0.6 is 0 Å². The fourth-order valence-corrected chi connectivity index (χ4v) is 3.75. The van der Waals surface area contributed by atoms with Gasteiger partial charge in [-0.1, -0.05) is 54.6 Å². The first-order valence-corrected chi connectivity index (χ1v) is 10.5. The normalized spacial score (nSPS) is 10.9. The molecular formula is C27H19N3O4. The van der Waals surface area contributed by atoms with Gasteiger partial charge in [0, 0.05) is 10.9 Å². The molecule has 0 radical (unpaired) electrons. The van der Waals surface area contributed by atoms with Crippen LogP contribution in [0.3, 0.4) is 0 Å². The first-order chi connectivity index (χ1) is 16.5. The maximum atomic E-state index is 12.0. The number of phenolic OH excluding ortho intramolecular Hbond substituents is 2. The Morgan fingerprint density at radius 1 is 0.735 bits per heavy atom. The fraction of sp³-hybridized carbons (Fsp3) is 0.0370. The number of methoxy groups -OCH3 is 1. The van der Waals surface area contributed by atoms with Gasteiger partial charge >= 0.3 is 5.97 Å². The van der Waals surface area contributed by atoms with Gasteiger partial charge in [0.1, 0.15) is 11.5 Å². The Bertz CT molecular complexity index is 1550. The summed E-state index contributed by atoms with van der Waals surface area (Å²) < 4.78 is 4.83. The molecule has 7 nitrogen and oxygen atoms in total. The van der Waals surface area contributed by atoms with Crippen LogP contribution in [-0.4, -0.2) is 38.2 Å². The van der Waals surface area contributed by atoms with Crippen molar-refractivity contribution < 1.29 is 19.7 Å². The number of nitrogens with zero attached hydrogens (tertiary/aromatic N) is 3. The number of ether oxygens (including phenoxy) is 1. The van der Waals surface area contributed by atoms with Crippen LogP contribution in [0.25, 0.3) is 44.9 Å². The van der Waals surface area contributed by atoms with Crippen LogP contribution in [0.1, 0.15) is 10.4 Å². The molecule has 0 atom stereocenters. The van der Waals surface area contributed by atoms with Gasteiger partial charge in [-0.25, -0.2) is 19.7 Å². The highest BCUT2D eigenvalue weighted by molar-refractivity contribution is 5.94. The van der Waals surface area contributed by atoms with E-state index >= 15 is 0 Å². The molecule has 5 aromatic rings. The zero-order valence-electron chi connectivity index (χ0n) is 18.1. The van der Waals surface area contributed by atoms with Crippen LogP contribution in [0.15, 0.2) is 84.9 Å². The van der Waals surface area contributed by atoms with Gasteiger partial charge in [-0.2, -0.15) is 0 Å². The van der Waals surface area contributed by atoms with E-state index in [1.54, 1.807) is 54.6 Å². The molecule has 0 amide bonds. The van der Waals surface area contributed by atoms with Gasteiger partial charge in [-0.3, -0.25) is 0 Å². The molecule has 2 N–H and O–H groups in total. The molecule has 34 heavy (non-hydrogen) atoms. The summed E-state index contributed by atoms with van der Waals surface area (Å²) in [5.74, 6) is 0.313.